The Hall–Kier alpha value is -2.79. The highest BCUT2D eigenvalue weighted by atomic mass is 16.6. The number of aromatic nitrogens is 1. The second-order valence-electron chi connectivity index (χ2n) is 5.06. The summed E-state index contributed by atoms with van der Waals surface area (Å²) >= 11 is 0. The van der Waals surface area contributed by atoms with E-state index in [4.69, 9.17) is 0 Å². The van der Waals surface area contributed by atoms with E-state index in [-0.39, 0.29) is 5.69 Å². The summed E-state index contributed by atoms with van der Waals surface area (Å²) in [5, 5.41) is 22.0. The van der Waals surface area contributed by atoms with Crippen LogP contribution in [-0.2, 0) is 6.42 Å². The van der Waals surface area contributed by atoms with Gasteiger partial charge in [0.05, 0.1) is 16.5 Å². The summed E-state index contributed by atoms with van der Waals surface area (Å²) in [5.41, 5.74) is 2.56. The smallest absolute Gasteiger partial charge is 0.269 e. The maximum absolute atomic E-state index is 10.7. The summed E-state index contributed by atoms with van der Waals surface area (Å²) < 4.78 is 0. The number of hydrogen-bond acceptors (Lipinski definition) is 4. The number of non-ortho nitro benzene ring substituents is 1. The summed E-state index contributed by atoms with van der Waals surface area (Å²) in [5.74, 6) is 0. The number of nitro groups is 1. The third kappa shape index (κ3) is 2.80. The Bertz CT molecular complexity index is 810. The van der Waals surface area contributed by atoms with Gasteiger partial charge in [0.2, 0.25) is 0 Å². The molecule has 2 aromatic carbocycles. The van der Waals surface area contributed by atoms with Crippen LogP contribution in [0.5, 0.6) is 0 Å². The molecule has 0 bridgehead atoms. The molecule has 0 fully saturated rings. The second-order valence-corrected chi connectivity index (χ2v) is 5.06. The molecule has 110 valence electrons. The Balaban J connectivity index is 1.86. The number of nitro benzene ring substituents is 1. The lowest BCUT2D eigenvalue weighted by Gasteiger charge is -2.12. The quantitative estimate of drug-likeness (QED) is 0.591. The molecule has 0 amide bonds. The molecule has 0 radical (unpaired) electrons. The molecule has 0 aliphatic heterocycles. The van der Waals surface area contributed by atoms with Gasteiger partial charge < -0.3 is 5.11 Å². The SMILES string of the molecule is O=[N+]([O-])c1ccc(C(O)Cc2ccnc3ccccc23)cc1. The van der Waals surface area contributed by atoms with E-state index in [1.54, 1.807) is 18.3 Å². The topological polar surface area (TPSA) is 76.3 Å². The third-order valence-electron chi connectivity index (χ3n) is 3.64. The van der Waals surface area contributed by atoms with Gasteiger partial charge in [0.15, 0.2) is 0 Å². The molecular formula is C17H14N2O3. The van der Waals surface area contributed by atoms with Crippen molar-refractivity contribution >= 4 is 16.6 Å². The fourth-order valence-corrected chi connectivity index (χ4v) is 2.48. The first-order valence-corrected chi connectivity index (χ1v) is 6.90. The van der Waals surface area contributed by atoms with Gasteiger partial charge in [-0.2, -0.15) is 0 Å². The largest absolute Gasteiger partial charge is 0.388 e. The van der Waals surface area contributed by atoms with Gasteiger partial charge in [0, 0.05) is 30.1 Å². The zero-order valence-corrected chi connectivity index (χ0v) is 11.7. The summed E-state index contributed by atoms with van der Waals surface area (Å²) in [6, 6.07) is 15.6. The highest BCUT2D eigenvalue weighted by Crippen LogP contribution is 2.24. The van der Waals surface area contributed by atoms with Gasteiger partial charge in [0.1, 0.15) is 0 Å². The van der Waals surface area contributed by atoms with Crippen LogP contribution in [0.4, 0.5) is 5.69 Å². The standard InChI is InChI=1S/C17H14N2O3/c20-17(12-5-7-14(8-6-12)19(21)22)11-13-9-10-18-16-4-2-1-3-15(13)16/h1-10,17,20H,11H2. The van der Waals surface area contributed by atoms with Crippen LogP contribution in [0.25, 0.3) is 10.9 Å². The minimum atomic E-state index is -0.716. The van der Waals surface area contributed by atoms with Gasteiger partial charge in [-0.25, -0.2) is 0 Å². The minimum absolute atomic E-state index is 0.0188. The average molecular weight is 294 g/mol. The molecule has 1 aromatic heterocycles. The monoisotopic (exact) mass is 294 g/mol. The van der Waals surface area contributed by atoms with Gasteiger partial charge in [0.25, 0.3) is 5.69 Å². The summed E-state index contributed by atoms with van der Waals surface area (Å²) in [6.45, 7) is 0. The normalized spacial score (nSPS) is 12.2. The number of para-hydroxylation sites is 1. The maximum Gasteiger partial charge on any atom is 0.269 e. The summed E-state index contributed by atoms with van der Waals surface area (Å²) in [6.07, 6.45) is 1.44. The van der Waals surface area contributed by atoms with Crippen LogP contribution < -0.4 is 0 Å². The van der Waals surface area contributed by atoms with Crippen molar-refractivity contribution in [2.24, 2.45) is 0 Å². The van der Waals surface area contributed by atoms with E-state index in [0.29, 0.717) is 12.0 Å². The Morgan fingerprint density at radius 2 is 1.82 bits per heavy atom. The zero-order chi connectivity index (χ0) is 15.5. The van der Waals surface area contributed by atoms with Crippen LogP contribution in [0.2, 0.25) is 0 Å². The number of aliphatic hydroxyl groups excluding tert-OH is 1. The first-order chi connectivity index (χ1) is 10.6. The molecule has 1 heterocycles. The molecule has 5 heteroatoms. The predicted molar refractivity (Wildman–Crippen MR) is 83.5 cm³/mol. The van der Waals surface area contributed by atoms with Crippen molar-refractivity contribution in [1.82, 2.24) is 4.98 Å². The van der Waals surface area contributed by atoms with Gasteiger partial charge in [-0.3, -0.25) is 15.1 Å². The molecule has 5 nitrogen and oxygen atoms in total. The number of fused-ring (bicyclic) bond motifs is 1. The molecule has 0 aliphatic carbocycles. The van der Waals surface area contributed by atoms with Gasteiger partial charge in [-0.1, -0.05) is 18.2 Å². The molecule has 3 rings (SSSR count). The molecule has 22 heavy (non-hydrogen) atoms. The van der Waals surface area contributed by atoms with Crippen LogP contribution in [0.1, 0.15) is 17.2 Å². The molecule has 0 saturated carbocycles. The highest BCUT2D eigenvalue weighted by Gasteiger charge is 2.13. The Labute approximate surface area is 127 Å². The van der Waals surface area contributed by atoms with E-state index >= 15 is 0 Å². The first kappa shape index (κ1) is 14.2. The van der Waals surface area contributed by atoms with Crippen molar-refractivity contribution in [3.8, 4) is 0 Å². The van der Waals surface area contributed by atoms with Crippen molar-refractivity contribution in [1.29, 1.82) is 0 Å². The number of benzene rings is 2. The van der Waals surface area contributed by atoms with Crippen molar-refractivity contribution < 1.29 is 10.0 Å². The number of nitrogens with zero attached hydrogens (tertiary/aromatic N) is 2. The van der Waals surface area contributed by atoms with E-state index in [0.717, 1.165) is 16.5 Å². The summed E-state index contributed by atoms with van der Waals surface area (Å²) in [4.78, 5) is 14.5. The molecule has 1 unspecified atom stereocenters. The van der Waals surface area contributed by atoms with Crippen molar-refractivity contribution in [2.75, 3.05) is 0 Å². The molecule has 0 saturated heterocycles. The van der Waals surface area contributed by atoms with E-state index in [1.807, 2.05) is 30.3 Å². The molecule has 3 aromatic rings. The van der Waals surface area contributed by atoms with E-state index in [1.165, 1.54) is 12.1 Å². The fourth-order valence-electron chi connectivity index (χ4n) is 2.48. The van der Waals surface area contributed by atoms with Crippen LogP contribution in [0, 0.1) is 10.1 Å². The Morgan fingerprint density at radius 3 is 2.55 bits per heavy atom. The van der Waals surface area contributed by atoms with Crippen molar-refractivity contribution in [3.63, 3.8) is 0 Å². The minimum Gasteiger partial charge on any atom is -0.388 e. The van der Waals surface area contributed by atoms with Crippen molar-refractivity contribution in [3.05, 3.63) is 82.0 Å². The Kier molecular flexibility index (Phi) is 3.80. The van der Waals surface area contributed by atoms with E-state index in [9.17, 15) is 15.2 Å². The highest BCUT2D eigenvalue weighted by molar-refractivity contribution is 5.81. The van der Waals surface area contributed by atoms with E-state index < -0.39 is 11.0 Å². The second kappa shape index (κ2) is 5.91. The van der Waals surface area contributed by atoms with Crippen molar-refractivity contribution in [2.45, 2.75) is 12.5 Å². The third-order valence-corrected chi connectivity index (χ3v) is 3.64. The molecule has 1 N–H and O–H groups in total. The van der Waals surface area contributed by atoms with Crippen LogP contribution in [-0.4, -0.2) is 15.0 Å². The number of rotatable bonds is 4. The fraction of sp³-hybridized carbons (Fsp3) is 0.118. The Morgan fingerprint density at radius 1 is 1.09 bits per heavy atom. The van der Waals surface area contributed by atoms with Gasteiger partial charge >= 0.3 is 0 Å². The first-order valence-electron chi connectivity index (χ1n) is 6.90. The van der Waals surface area contributed by atoms with Crippen LogP contribution >= 0.6 is 0 Å². The maximum atomic E-state index is 10.7. The lowest BCUT2D eigenvalue weighted by Crippen LogP contribution is -2.03. The number of aliphatic hydroxyl groups is 1. The van der Waals surface area contributed by atoms with Gasteiger partial charge in [-0.15, -0.1) is 0 Å². The van der Waals surface area contributed by atoms with Crippen LogP contribution in [0.3, 0.4) is 0 Å². The summed E-state index contributed by atoms with van der Waals surface area (Å²) in [7, 11) is 0. The molecule has 1 atom stereocenters. The number of pyridine rings is 1. The molecule has 0 spiro atoms. The molecular weight excluding hydrogens is 280 g/mol. The van der Waals surface area contributed by atoms with E-state index in [2.05, 4.69) is 4.98 Å². The molecule has 0 aliphatic rings. The lowest BCUT2D eigenvalue weighted by atomic mass is 9.99. The van der Waals surface area contributed by atoms with Gasteiger partial charge in [-0.05, 0) is 35.4 Å². The predicted octanol–water partition coefficient (Wildman–Crippen LogP) is 3.42. The number of hydrogen-bond donors (Lipinski definition) is 1. The zero-order valence-electron chi connectivity index (χ0n) is 11.7. The van der Waals surface area contributed by atoms with Crippen LogP contribution in [0.15, 0.2) is 60.8 Å². The average Bonchev–Trinajstić information content (AvgIpc) is 2.55. The lowest BCUT2D eigenvalue weighted by molar-refractivity contribution is -0.384.